The van der Waals surface area contributed by atoms with Crippen LogP contribution in [0.15, 0.2) is 18.2 Å². The summed E-state index contributed by atoms with van der Waals surface area (Å²) >= 11 is 1.69. The Bertz CT molecular complexity index is 1000. The Balaban J connectivity index is 1.64. The van der Waals surface area contributed by atoms with Gasteiger partial charge in [0.15, 0.2) is 5.13 Å². The van der Waals surface area contributed by atoms with Crippen LogP contribution in [0.3, 0.4) is 0 Å². The molecule has 1 unspecified atom stereocenters. The topological polar surface area (TPSA) is 124 Å². The molecule has 3 rings (SSSR count). The first kappa shape index (κ1) is 26.9. The van der Waals surface area contributed by atoms with Crippen molar-refractivity contribution in [3.05, 3.63) is 39.9 Å². The first-order valence-electron chi connectivity index (χ1n) is 11.9. The average Bonchev–Trinajstić information content (AvgIpc) is 3.19. The van der Waals surface area contributed by atoms with Gasteiger partial charge in [0.05, 0.1) is 31.6 Å². The highest BCUT2D eigenvalue weighted by molar-refractivity contribution is 7.15. The molecule has 1 aliphatic rings. The molecule has 1 aliphatic heterocycles. The molecule has 35 heavy (non-hydrogen) atoms. The van der Waals surface area contributed by atoms with Crippen LogP contribution in [0.4, 0.5) is 5.13 Å². The monoisotopic (exact) mass is 505 g/mol. The van der Waals surface area contributed by atoms with Crippen molar-refractivity contribution >= 4 is 28.4 Å². The molecule has 1 aromatic carbocycles. The highest BCUT2D eigenvalue weighted by Crippen LogP contribution is 2.27. The van der Waals surface area contributed by atoms with E-state index in [4.69, 9.17) is 30.0 Å². The summed E-state index contributed by atoms with van der Waals surface area (Å²) < 4.78 is 16.6. The van der Waals surface area contributed by atoms with E-state index in [0.717, 1.165) is 48.3 Å². The van der Waals surface area contributed by atoms with Gasteiger partial charge in [0.2, 0.25) is 0 Å². The number of carboxylic acid groups (broad SMARTS) is 1. The normalized spacial score (nSPS) is 14.7. The van der Waals surface area contributed by atoms with E-state index in [2.05, 4.69) is 11.8 Å². The van der Waals surface area contributed by atoms with Gasteiger partial charge >= 0.3 is 11.9 Å². The number of rotatable bonds is 12. The second-order valence-electron chi connectivity index (χ2n) is 8.82. The number of hydrogen-bond donors (Lipinski definition) is 2. The minimum Gasteiger partial charge on any atom is -0.493 e. The van der Waals surface area contributed by atoms with E-state index in [1.165, 1.54) is 4.88 Å². The molecule has 1 fully saturated rings. The third-order valence-corrected chi connectivity index (χ3v) is 6.72. The molecule has 0 saturated carbocycles. The van der Waals surface area contributed by atoms with Crippen LogP contribution >= 0.6 is 11.3 Å². The molecular weight excluding hydrogens is 470 g/mol. The molecule has 192 valence electrons. The Morgan fingerprint density at radius 2 is 1.97 bits per heavy atom. The number of aromatic nitrogens is 1. The lowest BCUT2D eigenvalue weighted by Gasteiger charge is -2.26. The standard InChI is InChI=1S/C25H35N3O6S/c1-16(2)34-24(31)21(26)15-19-14-20(6-4-18(19)5-7-23(29)30)33-11-8-22-17(3)35-25(27-22)28-9-12-32-13-10-28/h4,6,14,16,21H,5,7-13,15,26H2,1-3H3,(H,29,30). The van der Waals surface area contributed by atoms with Crippen LogP contribution in [0, 0.1) is 6.92 Å². The van der Waals surface area contributed by atoms with E-state index in [-0.39, 0.29) is 18.9 Å². The van der Waals surface area contributed by atoms with Gasteiger partial charge in [-0.1, -0.05) is 6.07 Å². The molecule has 10 heteroatoms. The van der Waals surface area contributed by atoms with Crippen molar-refractivity contribution in [1.82, 2.24) is 4.98 Å². The van der Waals surface area contributed by atoms with Crippen LogP contribution in [0.2, 0.25) is 0 Å². The molecule has 0 bridgehead atoms. The van der Waals surface area contributed by atoms with Crippen LogP contribution < -0.4 is 15.4 Å². The number of carbonyl (C=O) groups is 2. The fourth-order valence-corrected chi connectivity index (χ4v) is 4.81. The summed E-state index contributed by atoms with van der Waals surface area (Å²) in [6.45, 7) is 9.21. The molecule has 0 radical (unpaired) electrons. The number of carboxylic acids is 1. The zero-order chi connectivity index (χ0) is 25.4. The Hall–Kier alpha value is -2.69. The summed E-state index contributed by atoms with van der Waals surface area (Å²) in [6.07, 6.45) is 0.995. The minimum absolute atomic E-state index is 0.00649. The SMILES string of the molecule is Cc1sc(N2CCOCC2)nc1CCOc1ccc(CCC(=O)O)c(CC(N)C(=O)OC(C)C)c1. The van der Waals surface area contributed by atoms with Crippen molar-refractivity contribution in [3.8, 4) is 5.75 Å². The van der Waals surface area contributed by atoms with Gasteiger partial charge in [-0.3, -0.25) is 9.59 Å². The molecule has 2 aromatic rings. The maximum absolute atomic E-state index is 12.2. The van der Waals surface area contributed by atoms with Gasteiger partial charge < -0.3 is 30.0 Å². The highest BCUT2D eigenvalue weighted by Gasteiger charge is 2.20. The fourth-order valence-electron chi connectivity index (χ4n) is 3.81. The second kappa shape index (κ2) is 12.9. The first-order chi connectivity index (χ1) is 16.7. The summed E-state index contributed by atoms with van der Waals surface area (Å²) in [6, 6.07) is 4.67. The number of aliphatic carboxylic acids is 1. The van der Waals surface area contributed by atoms with Gasteiger partial charge in [0.1, 0.15) is 11.8 Å². The van der Waals surface area contributed by atoms with E-state index in [9.17, 15) is 9.59 Å². The van der Waals surface area contributed by atoms with E-state index in [1.807, 2.05) is 18.2 Å². The summed E-state index contributed by atoms with van der Waals surface area (Å²) in [7, 11) is 0. The number of ether oxygens (including phenoxy) is 3. The molecular formula is C25H35N3O6S. The molecule has 2 heterocycles. The predicted octanol–water partition coefficient (Wildman–Crippen LogP) is 2.75. The minimum atomic E-state index is -0.880. The fraction of sp³-hybridized carbons (Fsp3) is 0.560. The third-order valence-electron chi connectivity index (χ3n) is 5.65. The number of esters is 1. The van der Waals surface area contributed by atoms with E-state index in [0.29, 0.717) is 25.2 Å². The molecule has 3 N–H and O–H groups in total. The summed E-state index contributed by atoms with van der Waals surface area (Å²) in [5.74, 6) is -0.717. The predicted molar refractivity (Wildman–Crippen MR) is 134 cm³/mol. The van der Waals surface area contributed by atoms with Crippen LogP contribution in [-0.2, 0) is 38.3 Å². The Morgan fingerprint density at radius 1 is 1.23 bits per heavy atom. The lowest BCUT2D eigenvalue weighted by molar-refractivity contribution is -0.149. The van der Waals surface area contributed by atoms with Gasteiger partial charge in [-0.2, -0.15) is 0 Å². The molecule has 0 aliphatic carbocycles. The third kappa shape index (κ3) is 8.19. The quantitative estimate of drug-likeness (QED) is 0.419. The Kier molecular flexibility index (Phi) is 9.88. The highest BCUT2D eigenvalue weighted by atomic mass is 32.1. The summed E-state index contributed by atoms with van der Waals surface area (Å²) in [4.78, 5) is 31.5. The molecule has 9 nitrogen and oxygen atoms in total. The zero-order valence-corrected chi connectivity index (χ0v) is 21.4. The smallest absolute Gasteiger partial charge is 0.323 e. The van der Waals surface area contributed by atoms with Crippen LogP contribution in [0.25, 0.3) is 0 Å². The summed E-state index contributed by atoms with van der Waals surface area (Å²) in [5.41, 5.74) is 8.72. The van der Waals surface area contributed by atoms with Gasteiger partial charge in [-0.25, -0.2) is 4.98 Å². The van der Waals surface area contributed by atoms with Gasteiger partial charge in [0.25, 0.3) is 0 Å². The van der Waals surface area contributed by atoms with Crippen LogP contribution in [0.1, 0.15) is 42.0 Å². The second-order valence-corrected chi connectivity index (χ2v) is 10.00. The van der Waals surface area contributed by atoms with E-state index >= 15 is 0 Å². The Labute approximate surface area is 210 Å². The molecule has 0 spiro atoms. The lowest BCUT2D eigenvalue weighted by Crippen LogP contribution is -2.36. The maximum atomic E-state index is 12.2. The molecule has 1 saturated heterocycles. The zero-order valence-electron chi connectivity index (χ0n) is 20.6. The number of hydrogen-bond acceptors (Lipinski definition) is 9. The number of nitrogens with two attached hydrogens (primary N) is 1. The van der Waals surface area contributed by atoms with Gasteiger partial charge in [-0.15, -0.1) is 11.3 Å². The maximum Gasteiger partial charge on any atom is 0.323 e. The number of thiazole rings is 1. The largest absolute Gasteiger partial charge is 0.493 e. The van der Waals surface area contributed by atoms with E-state index < -0.39 is 18.0 Å². The first-order valence-corrected chi connectivity index (χ1v) is 12.8. The van der Waals surface area contributed by atoms with Gasteiger partial charge in [-0.05, 0) is 56.9 Å². The number of anilines is 1. The number of benzene rings is 1. The van der Waals surface area contributed by atoms with Crippen molar-refractivity contribution in [3.63, 3.8) is 0 Å². The molecule has 1 atom stereocenters. The lowest BCUT2D eigenvalue weighted by atomic mass is 9.97. The van der Waals surface area contributed by atoms with Crippen molar-refractivity contribution in [2.75, 3.05) is 37.8 Å². The number of nitrogens with zero attached hydrogens (tertiary/aromatic N) is 2. The number of aryl methyl sites for hydroxylation is 2. The van der Waals surface area contributed by atoms with Gasteiger partial charge in [0, 0.05) is 30.8 Å². The average molecular weight is 506 g/mol. The molecule has 1 aromatic heterocycles. The summed E-state index contributed by atoms with van der Waals surface area (Å²) in [5, 5.41) is 10.1. The van der Waals surface area contributed by atoms with Crippen LogP contribution in [-0.4, -0.2) is 67.1 Å². The number of carbonyl (C=O) groups excluding carboxylic acids is 1. The van der Waals surface area contributed by atoms with Crippen molar-refractivity contribution in [2.24, 2.45) is 5.73 Å². The Morgan fingerprint density at radius 3 is 2.66 bits per heavy atom. The van der Waals surface area contributed by atoms with Crippen LogP contribution in [0.5, 0.6) is 5.75 Å². The van der Waals surface area contributed by atoms with Crippen molar-refractivity contribution < 1.29 is 28.9 Å². The van der Waals surface area contributed by atoms with Crippen molar-refractivity contribution in [1.29, 1.82) is 0 Å². The molecule has 0 amide bonds. The van der Waals surface area contributed by atoms with E-state index in [1.54, 1.807) is 25.2 Å². The van der Waals surface area contributed by atoms with Crippen molar-refractivity contribution in [2.45, 2.75) is 58.6 Å². The number of morpholine rings is 1.